The van der Waals surface area contributed by atoms with E-state index in [1.165, 1.54) is 12.1 Å². The highest BCUT2D eigenvalue weighted by molar-refractivity contribution is 5.76. The van der Waals surface area contributed by atoms with Crippen molar-refractivity contribution in [3.8, 4) is 11.5 Å². The molecule has 0 aromatic heterocycles. The Kier molecular flexibility index (Phi) is 13.6. The first-order valence-corrected chi connectivity index (χ1v) is 14.1. The Bertz CT molecular complexity index is 1080. The quantitative estimate of drug-likeness (QED) is 0.146. The lowest BCUT2D eigenvalue weighted by molar-refractivity contribution is -0.148. The predicted molar refractivity (Wildman–Crippen MR) is 153 cm³/mol. The van der Waals surface area contributed by atoms with Crippen molar-refractivity contribution in [2.75, 3.05) is 6.61 Å². The SMILES string of the molecule is CCC(C)(C)OC(=O)Oc1ccc(C[C@H](N)C(=O)OC[C@H](C)OC(=O)OC(C)(C)CC)cc1OC(=O)OC(C)(C)CC. The molecule has 0 bridgehead atoms. The smallest absolute Gasteiger partial charge is 0.461 e. The Morgan fingerprint density at radius 1 is 0.738 bits per heavy atom. The van der Waals surface area contributed by atoms with Gasteiger partial charge in [0.15, 0.2) is 11.5 Å². The van der Waals surface area contributed by atoms with E-state index in [4.69, 9.17) is 38.9 Å². The average molecular weight is 598 g/mol. The Morgan fingerprint density at radius 2 is 1.19 bits per heavy atom. The zero-order valence-electron chi connectivity index (χ0n) is 26.5. The van der Waals surface area contributed by atoms with Gasteiger partial charge in [0.2, 0.25) is 0 Å². The molecule has 238 valence electrons. The maximum atomic E-state index is 12.5. The minimum Gasteiger partial charge on any atom is -0.461 e. The van der Waals surface area contributed by atoms with Gasteiger partial charge in [-0.05, 0) is 91.8 Å². The third-order valence-electron chi connectivity index (χ3n) is 6.54. The molecule has 0 aliphatic rings. The Hall–Kier alpha value is -3.54. The van der Waals surface area contributed by atoms with Crippen molar-refractivity contribution >= 4 is 24.4 Å². The van der Waals surface area contributed by atoms with E-state index in [1.807, 2.05) is 20.8 Å². The maximum Gasteiger partial charge on any atom is 0.514 e. The molecule has 0 aliphatic carbocycles. The second-order valence-electron chi connectivity index (χ2n) is 11.8. The Morgan fingerprint density at radius 3 is 1.67 bits per heavy atom. The minimum atomic E-state index is -1.11. The summed E-state index contributed by atoms with van der Waals surface area (Å²) < 4.78 is 36.9. The number of hydrogen-bond donors (Lipinski definition) is 1. The van der Waals surface area contributed by atoms with Gasteiger partial charge in [0.05, 0.1) is 0 Å². The van der Waals surface area contributed by atoms with Gasteiger partial charge in [0, 0.05) is 0 Å². The molecule has 0 heterocycles. The van der Waals surface area contributed by atoms with E-state index < -0.39 is 53.4 Å². The molecule has 1 rings (SSSR count). The molecule has 0 amide bonds. The lowest BCUT2D eigenvalue weighted by Crippen LogP contribution is -2.36. The van der Waals surface area contributed by atoms with Crippen molar-refractivity contribution in [2.45, 2.75) is 124 Å². The number of benzene rings is 1. The van der Waals surface area contributed by atoms with Crippen LogP contribution in [0.5, 0.6) is 11.5 Å². The van der Waals surface area contributed by atoms with Gasteiger partial charge >= 0.3 is 24.4 Å². The fourth-order valence-electron chi connectivity index (χ4n) is 2.82. The first-order valence-electron chi connectivity index (χ1n) is 14.1. The number of carbonyl (C=O) groups is 4. The van der Waals surface area contributed by atoms with Gasteiger partial charge in [0.25, 0.3) is 0 Å². The van der Waals surface area contributed by atoms with Crippen LogP contribution in [0.4, 0.5) is 14.4 Å². The van der Waals surface area contributed by atoms with Crippen LogP contribution < -0.4 is 15.2 Å². The maximum absolute atomic E-state index is 12.5. The molecule has 0 spiro atoms. The van der Waals surface area contributed by atoms with E-state index >= 15 is 0 Å². The lowest BCUT2D eigenvalue weighted by atomic mass is 10.1. The van der Waals surface area contributed by atoms with Crippen LogP contribution in [0.1, 0.15) is 94.1 Å². The second-order valence-corrected chi connectivity index (χ2v) is 11.8. The number of carbonyl (C=O) groups excluding carboxylic acids is 4. The highest BCUT2D eigenvalue weighted by atomic mass is 16.8. The summed E-state index contributed by atoms with van der Waals surface area (Å²) in [5.74, 6) is -0.973. The molecular formula is C30H47NO11. The van der Waals surface area contributed by atoms with Gasteiger partial charge in [-0.15, -0.1) is 0 Å². The molecule has 0 radical (unpaired) electrons. The molecule has 12 heteroatoms. The molecule has 1 aromatic rings. The molecule has 0 unspecified atom stereocenters. The van der Waals surface area contributed by atoms with Crippen molar-refractivity contribution in [1.82, 2.24) is 0 Å². The van der Waals surface area contributed by atoms with Crippen molar-refractivity contribution < 1.29 is 52.3 Å². The van der Waals surface area contributed by atoms with Crippen LogP contribution >= 0.6 is 0 Å². The first kappa shape index (κ1) is 36.5. The van der Waals surface area contributed by atoms with Crippen LogP contribution in [0.2, 0.25) is 0 Å². The molecule has 0 saturated carbocycles. The molecule has 0 saturated heterocycles. The summed E-state index contributed by atoms with van der Waals surface area (Å²) in [6.45, 7) is 17.3. The summed E-state index contributed by atoms with van der Waals surface area (Å²) in [5, 5.41) is 0. The topological polar surface area (TPSA) is 159 Å². The van der Waals surface area contributed by atoms with Gasteiger partial charge in [-0.2, -0.15) is 0 Å². The van der Waals surface area contributed by atoms with Crippen LogP contribution in [0.3, 0.4) is 0 Å². The van der Waals surface area contributed by atoms with Crippen molar-refractivity contribution in [3.05, 3.63) is 23.8 Å². The summed E-state index contributed by atoms with van der Waals surface area (Å²) in [7, 11) is 0. The molecule has 1 aromatic carbocycles. The van der Waals surface area contributed by atoms with Crippen LogP contribution in [-0.2, 0) is 34.9 Å². The average Bonchev–Trinajstić information content (AvgIpc) is 2.87. The summed E-state index contributed by atoms with van der Waals surface area (Å²) in [5.41, 5.74) is 4.27. The standard InChI is InChI=1S/C30H47NO11/c1-11-28(5,6)40-25(33)37-19(4)18-36-24(32)21(31)16-20-14-15-22(38-26(34)41-29(7,8)12-2)23(17-20)39-27(35)42-30(9,10)13-3/h14-15,17,19,21H,11-13,16,18,31H2,1-10H3/t19-,21-/m0/s1. The zero-order chi connectivity index (χ0) is 32.3. The molecule has 0 aliphatic heterocycles. The normalized spacial score (nSPS) is 13.3. The zero-order valence-corrected chi connectivity index (χ0v) is 26.5. The van der Waals surface area contributed by atoms with E-state index in [2.05, 4.69) is 0 Å². The van der Waals surface area contributed by atoms with E-state index in [0.717, 1.165) is 0 Å². The summed E-state index contributed by atoms with van der Waals surface area (Å²) in [6, 6.07) is 3.23. The molecule has 42 heavy (non-hydrogen) atoms. The Balaban J connectivity index is 2.95. The van der Waals surface area contributed by atoms with Gasteiger partial charge in [0.1, 0.15) is 35.6 Å². The number of rotatable bonds is 14. The number of esters is 1. The first-order chi connectivity index (χ1) is 19.3. The van der Waals surface area contributed by atoms with Crippen LogP contribution in [-0.4, -0.2) is 60.0 Å². The van der Waals surface area contributed by atoms with Crippen molar-refractivity contribution in [3.63, 3.8) is 0 Å². The number of ether oxygens (including phenoxy) is 7. The summed E-state index contributed by atoms with van der Waals surface area (Å²) >= 11 is 0. The molecule has 2 N–H and O–H groups in total. The lowest BCUT2D eigenvalue weighted by Gasteiger charge is -2.24. The third-order valence-corrected chi connectivity index (χ3v) is 6.54. The van der Waals surface area contributed by atoms with Crippen LogP contribution in [0, 0.1) is 0 Å². The number of nitrogens with two attached hydrogens (primary N) is 1. The molecule has 12 nitrogen and oxygen atoms in total. The van der Waals surface area contributed by atoms with E-state index in [1.54, 1.807) is 54.5 Å². The van der Waals surface area contributed by atoms with E-state index in [0.29, 0.717) is 24.8 Å². The van der Waals surface area contributed by atoms with E-state index in [-0.39, 0.29) is 24.5 Å². The van der Waals surface area contributed by atoms with Crippen LogP contribution in [0.25, 0.3) is 0 Å². The summed E-state index contributed by atoms with van der Waals surface area (Å²) in [4.78, 5) is 49.4. The fraction of sp³-hybridized carbons (Fsp3) is 0.667. The highest BCUT2D eigenvalue weighted by Crippen LogP contribution is 2.31. The Labute approximate surface area is 248 Å². The van der Waals surface area contributed by atoms with Crippen LogP contribution in [0.15, 0.2) is 18.2 Å². The van der Waals surface area contributed by atoms with Gasteiger partial charge < -0.3 is 38.9 Å². The van der Waals surface area contributed by atoms with Crippen molar-refractivity contribution in [2.24, 2.45) is 5.73 Å². The largest absolute Gasteiger partial charge is 0.514 e. The van der Waals surface area contributed by atoms with Crippen molar-refractivity contribution in [1.29, 1.82) is 0 Å². The van der Waals surface area contributed by atoms with Gasteiger partial charge in [-0.25, -0.2) is 14.4 Å². The molecule has 0 fully saturated rings. The fourth-order valence-corrected chi connectivity index (χ4v) is 2.82. The second kappa shape index (κ2) is 15.6. The molecular weight excluding hydrogens is 550 g/mol. The van der Waals surface area contributed by atoms with Gasteiger partial charge in [-0.3, -0.25) is 4.79 Å². The monoisotopic (exact) mass is 597 g/mol. The highest BCUT2D eigenvalue weighted by Gasteiger charge is 2.27. The van der Waals surface area contributed by atoms with E-state index in [9.17, 15) is 19.2 Å². The summed E-state index contributed by atoms with van der Waals surface area (Å²) in [6.07, 6.45) is -1.98. The predicted octanol–water partition coefficient (Wildman–Crippen LogP) is 6.24. The number of hydrogen-bond acceptors (Lipinski definition) is 12. The molecule has 2 atom stereocenters. The minimum absolute atomic E-state index is 0.0136. The third kappa shape index (κ3) is 13.4. The van der Waals surface area contributed by atoms with Gasteiger partial charge in [-0.1, -0.05) is 26.8 Å².